The first-order valence-corrected chi connectivity index (χ1v) is 10.1. The molecule has 5 N–H and O–H groups in total. The Morgan fingerprint density at radius 2 is 1.69 bits per heavy atom. The molecule has 0 atom stereocenters. The SMILES string of the molecule is CC1CCC(N(C(N)=O)S(=O)(=O)c2ccc(CCNC(N)=O)cc2)CC1. The first-order valence-electron chi connectivity index (χ1n) is 8.68. The number of urea groups is 2. The van der Waals surface area contributed by atoms with Gasteiger partial charge in [-0.15, -0.1) is 0 Å². The van der Waals surface area contributed by atoms with Crippen LogP contribution < -0.4 is 16.8 Å². The first-order chi connectivity index (χ1) is 12.2. The van der Waals surface area contributed by atoms with Gasteiger partial charge in [0.2, 0.25) is 0 Å². The van der Waals surface area contributed by atoms with Crippen LogP contribution >= 0.6 is 0 Å². The lowest BCUT2D eigenvalue weighted by atomic mass is 9.87. The number of primary amides is 2. The molecule has 9 heteroatoms. The molecule has 0 heterocycles. The molecule has 1 aliphatic carbocycles. The number of hydrogen-bond acceptors (Lipinski definition) is 4. The highest BCUT2D eigenvalue weighted by Gasteiger charge is 2.36. The minimum absolute atomic E-state index is 0.0292. The zero-order valence-electron chi connectivity index (χ0n) is 14.8. The summed E-state index contributed by atoms with van der Waals surface area (Å²) in [5, 5.41) is 2.47. The van der Waals surface area contributed by atoms with Gasteiger partial charge in [0.15, 0.2) is 0 Å². The molecule has 0 aromatic heterocycles. The quantitative estimate of drug-likeness (QED) is 0.687. The van der Waals surface area contributed by atoms with Gasteiger partial charge in [-0.2, -0.15) is 0 Å². The fourth-order valence-corrected chi connectivity index (χ4v) is 4.79. The van der Waals surface area contributed by atoms with Crippen molar-refractivity contribution in [3.05, 3.63) is 29.8 Å². The van der Waals surface area contributed by atoms with Gasteiger partial charge in [0.25, 0.3) is 10.0 Å². The van der Waals surface area contributed by atoms with Crippen molar-refractivity contribution < 1.29 is 18.0 Å². The Kier molecular flexibility index (Phi) is 6.47. The molecule has 144 valence electrons. The summed E-state index contributed by atoms with van der Waals surface area (Å²) in [5.41, 5.74) is 11.2. The van der Waals surface area contributed by atoms with Gasteiger partial charge in [-0.05, 0) is 55.7 Å². The predicted octanol–water partition coefficient (Wildman–Crippen LogP) is 1.55. The highest BCUT2D eigenvalue weighted by Crippen LogP contribution is 2.30. The molecule has 8 nitrogen and oxygen atoms in total. The third-order valence-corrected chi connectivity index (χ3v) is 6.59. The fourth-order valence-electron chi connectivity index (χ4n) is 3.24. The van der Waals surface area contributed by atoms with E-state index in [2.05, 4.69) is 12.2 Å². The van der Waals surface area contributed by atoms with Crippen molar-refractivity contribution in [3.63, 3.8) is 0 Å². The number of rotatable bonds is 6. The Balaban J connectivity index is 2.15. The first kappa shape index (κ1) is 20.0. The minimum atomic E-state index is -4.00. The smallest absolute Gasteiger partial charge is 0.328 e. The largest absolute Gasteiger partial charge is 0.352 e. The van der Waals surface area contributed by atoms with Crippen molar-refractivity contribution in [2.24, 2.45) is 17.4 Å². The van der Waals surface area contributed by atoms with Crippen molar-refractivity contribution in [1.82, 2.24) is 9.62 Å². The second-order valence-electron chi connectivity index (χ2n) is 6.74. The molecular weight excluding hydrogens is 356 g/mol. The summed E-state index contributed by atoms with van der Waals surface area (Å²) in [6.07, 6.45) is 3.51. The molecule has 0 spiro atoms. The summed E-state index contributed by atoms with van der Waals surface area (Å²) in [4.78, 5) is 22.6. The third kappa shape index (κ3) is 4.87. The molecule has 2 rings (SSSR count). The maximum absolute atomic E-state index is 12.9. The summed E-state index contributed by atoms with van der Waals surface area (Å²) >= 11 is 0. The monoisotopic (exact) mass is 382 g/mol. The van der Waals surface area contributed by atoms with Crippen LogP contribution in [-0.2, 0) is 16.4 Å². The lowest BCUT2D eigenvalue weighted by molar-refractivity contribution is 0.199. The lowest BCUT2D eigenvalue weighted by Gasteiger charge is -2.34. The summed E-state index contributed by atoms with van der Waals surface area (Å²) in [6.45, 7) is 2.47. The zero-order valence-corrected chi connectivity index (χ0v) is 15.7. The molecule has 0 radical (unpaired) electrons. The number of amides is 4. The Labute approximate surface area is 154 Å². The van der Waals surface area contributed by atoms with E-state index in [1.165, 1.54) is 12.1 Å². The van der Waals surface area contributed by atoms with Crippen molar-refractivity contribution in [2.45, 2.75) is 50.0 Å². The van der Waals surface area contributed by atoms with Crippen LogP contribution in [-0.4, -0.2) is 37.4 Å². The summed E-state index contributed by atoms with van der Waals surface area (Å²) in [5.74, 6) is 0.525. The second kappa shape index (κ2) is 8.39. The molecule has 26 heavy (non-hydrogen) atoms. The molecule has 1 fully saturated rings. The third-order valence-electron chi connectivity index (χ3n) is 4.73. The van der Waals surface area contributed by atoms with Gasteiger partial charge >= 0.3 is 12.1 Å². The average Bonchev–Trinajstić information content (AvgIpc) is 2.56. The van der Waals surface area contributed by atoms with Crippen molar-refractivity contribution in [1.29, 1.82) is 0 Å². The predicted molar refractivity (Wildman–Crippen MR) is 97.8 cm³/mol. The fraction of sp³-hybridized carbons (Fsp3) is 0.529. The van der Waals surface area contributed by atoms with Crippen LogP contribution in [0.3, 0.4) is 0 Å². The van der Waals surface area contributed by atoms with Crippen molar-refractivity contribution in [3.8, 4) is 0 Å². The van der Waals surface area contributed by atoms with Crippen LogP contribution in [0, 0.1) is 5.92 Å². The van der Waals surface area contributed by atoms with Crippen molar-refractivity contribution >= 4 is 22.1 Å². The molecule has 0 unspecified atom stereocenters. The van der Waals surface area contributed by atoms with Crippen molar-refractivity contribution in [2.75, 3.05) is 6.54 Å². The number of sulfonamides is 1. The number of carbonyl (C=O) groups is 2. The minimum Gasteiger partial charge on any atom is -0.352 e. The number of hydrogen-bond donors (Lipinski definition) is 3. The van der Waals surface area contributed by atoms with Gasteiger partial charge < -0.3 is 16.8 Å². The van der Waals surface area contributed by atoms with Gasteiger partial charge in [0.05, 0.1) is 10.9 Å². The van der Waals surface area contributed by atoms with Crippen LogP contribution in [0.1, 0.15) is 38.2 Å². The van der Waals surface area contributed by atoms with Gasteiger partial charge in [-0.1, -0.05) is 19.1 Å². The number of carbonyl (C=O) groups excluding carboxylic acids is 2. The van der Waals surface area contributed by atoms with Crippen LogP contribution in [0.2, 0.25) is 0 Å². The van der Waals surface area contributed by atoms with E-state index in [9.17, 15) is 18.0 Å². The molecule has 1 saturated carbocycles. The molecule has 1 aromatic carbocycles. The van der Waals surface area contributed by atoms with Crippen LogP contribution in [0.4, 0.5) is 9.59 Å². The molecule has 1 aliphatic rings. The Hall–Kier alpha value is -2.29. The number of nitrogens with two attached hydrogens (primary N) is 2. The van der Waals surface area contributed by atoms with Gasteiger partial charge in [-0.25, -0.2) is 22.3 Å². The van der Waals surface area contributed by atoms with E-state index in [1.807, 2.05) is 0 Å². The number of nitrogens with one attached hydrogen (secondary N) is 1. The molecular formula is C17H26N4O4S. The van der Waals surface area contributed by atoms with Crippen LogP contribution in [0.15, 0.2) is 29.2 Å². The zero-order chi connectivity index (χ0) is 19.3. The average molecular weight is 382 g/mol. The van der Waals surface area contributed by atoms with Crippen LogP contribution in [0.25, 0.3) is 0 Å². The van der Waals surface area contributed by atoms with Gasteiger partial charge in [-0.3, -0.25) is 0 Å². The van der Waals surface area contributed by atoms with Gasteiger partial charge in [0, 0.05) is 6.54 Å². The Morgan fingerprint density at radius 3 is 2.19 bits per heavy atom. The Bertz CT molecular complexity index is 741. The molecule has 0 aliphatic heterocycles. The van der Waals surface area contributed by atoms with E-state index >= 15 is 0 Å². The highest BCUT2D eigenvalue weighted by molar-refractivity contribution is 7.89. The molecule has 4 amide bonds. The van der Waals surface area contributed by atoms with Gasteiger partial charge in [0.1, 0.15) is 0 Å². The van der Waals surface area contributed by atoms with E-state index in [0.717, 1.165) is 22.7 Å². The summed E-state index contributed by atoms with van der Waals surface area (Å²) in [6, 6.07) is 4.26. The van der Waals surface area contributed by atoms with E-state index in [-0.39, 0.29) is 4.90 Å². The maximum Gasteiger partial charge on any atom is 0.328 e. The number of benzene rings is 1. The molecule has 0 saturated heterocycles. The highest BCUT2D eigenvalue weighted by atomic mass is 32.2. The van der Waals surface area contributed by atoms with E-state index < -0.39 is 28.1 Å². The number of nitrogens with zero attached hydrogens (tertiary/aromatic N) is 1. The topological polar surface area (TPSA) is 136 Å². The normalized spacial score (nSPS) is 20.3. The Morgan fingerprint density at radius 1 is 1.12 bits per heavy atom. The maximum atomic E-state index is 12.9. The lowest BCUT2D eigenvalue weighted by Crippen LogP contribution is -2.48. The standard InChI is InChI=1S/C17H26N4O4S/c1-12-2-6-14(7-3-12)21(17(19)23)26(24,25)15-8-4-13(5-9-15)10-11-20-16(18)22/h4-5,8-9,12,14H,2-3,6-7,10-11H2,1H3,(H2,19,23)(H3,18,20,22). The summed E-state index contributed by atoms with van der Waals surface area (Å²) < 4.78 is 26.7. The van der Waals surface area contributed by atoms with E-state index in [0.29, 0.717) is 31.7 Å². The second-order valence-corrected chi connectivity index (χ2v) is 8.55. The van der Waals surface area contributed by atoms with Crippen LogP contribution in [0.5, 0.6) is 0 Å². The van der Waals surface area contributed by atoms with E-state index in [4.69, 9.17) is 11.5 Å². The molecule has 1 aromatic rings. The summed E-state index contributed by atoms with van der Waals surface area (Å²) in [7, 11) is -4.00. The van der Waals surface area contributed by atoms with E-state index in [1.54, 1.807) is 12.1 Å². The molecule has 0 bridgehead atoms.